The summed E-state index contributed by atoms with van der Waals surface area (Å²) in [6.07, 6.45) is 1.80. The maximum Gasteiger partial charge on any atom is 0.174 e. The molecule has 0 N–H and O–H groups in total. The maximum absolute atomic E-state index is 4.26. The molecule has 0 aliphatic carbocycles. The van der Waals surface area contributed by atoms with Gasteiger partial charge in [0.05, 0.1) is 11.4 Å². The first-order valence-electron chi connectivity index (χ1n) is 6.80. The van der Waals surface area contributed by atoms with Crippen LogP contribution in [0.3, 0.4) is 0 Å². The van der Waals surface area contributed by atoms with Gasteiger partial charge in [0.15, 0.2) is 5.82 Å². The molecule has 2 heterocycles. The zero-order valence-corrected chi connectivity index (χ0v) is 12.1. The molecule has 4 aromatic rings. The van der Waals surface area contributed by atoms with E-state index >= 15 is 0 Å². The second-order valence-corrected chi connectivity index (χ2v) is 5.85. The Kier molecular flexibility index (Phi) is 3.01. The van der Waals surface area contributed by atoms with Crippen molar-refractivity contribution >= 4 is 22.1 Å². The van der Waals surface area contributed by atoms with Gasteiger partial charge >= 0.3 is 0 Å². The van der Waals surface area contributed by atoms with Crippen molar-refractivity contribution in [1.29, 1.82) is 0 Å². The van der Waals surface area contributed by atoms with Crippen LogP contribution in [0.1, 0.15) is 5.56 Å². The zero-order chi connectivity index (χ0) is 14.1. The van der Waals surface area contributed by atoms with Gasteiger partial charge in [-0.2, -0.15) is 0 Å². The van der Waals surface area contributed by atoms with Crippen LogP contribution < -0.4 is 0 Å². The predicted octanol–water partition coefficient (Wildman–Crippen LogP) is 4.21. The molecule has 2 aromatic heterocycles. The van der Waals surface area contributed by atoms with Crippen LogP contribution in [0.4, 0.5) is 0 Å². The summed E-state index contributed by atoms with van der Waals surface area (Å²) < 4.78 is 2.10. The third kappa shape index (κ3) is 2.23. The molecule has 0 saturated heterocycles. The predicted molar refractivity (Wildman–Crippen MR) is 86.4 cm³/mol. The molecule has 0 fully saturated rings. The molecular weight excluding hydrogens is 278 g/mol. The number of hydrogen-bond donors (Lipinski definition) is 0. The fourth-order valence-corrected chi connectivity index (χ4v) is 3.31. The van der Waals surface area contributed by atoms with Crippen LogP contribution in [0.25, 0.3) is 21.5 Å². The Hall–Kier alpha value is -2.46. The van der Waals surface area contributed by atoms with Crippen molar-refractivity contribution in [3.8, 4) is 10.7 Å². The lowest BCUT2D eigenvalue weighted by atomic mass is 10.0. The molecule has 0 radical (unpaired) electrons. The van der Waals surface area contributed by atoms with Gasteiger partial charge in [-0.1, -0.05) is 48.5 Å². The van der Waals surface area contributed by atoms with Crippen LogP contribution >= 0.6 is 11.3 Å². The van der Waals surface area contributed by atoms with Crippen LogP contribution in [0.5, 0.6) is 0 Å². The molecule has 21 heavy (non-hydrogen) atoms. The summed E-state index contributed by atoms with van der Waals surface area (Å²) in [5.74, 6) is 0.929. The van der Waals surface area contributed by atoms with Gasteiger partial charge < -0.3 is 4.57 Å². The quantitative estimate of drug-likeness (QED) is 0.566. The average Bonchev–Trinajstić information content (AvgIpc) is 3.18. The van der Waals surface area contributed by atoms with Gasteiger partial charge in [0.1, 0.15) is 6.33 Å². The Labute approximate surface area is 126 Å². The van der Waals surface area contributed by atoms with Gasteiger partial charge in [0, 0.05) is 0 Å². The Balaban J connectivity index is 1.78. The Morgan fingerprint density at radius 3 is 2.76 bits per heavy atom. The molecule has 0 spiro atoms. The van der Waals surface area contributed by atoms with Crippen LogP contribution in [-0.4, -0.2) is 14.8 Å². The molecular formula is C17H13N3S. The first-order valence-corrected chi connectivity index (χ1v) is 7.68. The lowest BCUT2D eigenvalue weighted by molar-refractivity contribution is 0.810. The number of fused-ring (bicyclic) bond motifs is 1. The minimum absolute atomic E-state index is 0.779. The number of thiophene rings is 1. The lowest BCUT2D eigenvalue weighted by Crippen LogP contribution is -2.01. The van der Waals surface area contributed by atoms with Crippen LogP contribution in [0.15, 0.2) is 66.3 Å². The summed E-state index contributed by atoms with van der Waals surface area (Å²) in [5, 5.41) is 12.9. The van der Waals surface area contributed by atoms with E-state index in [1.165, 1.54) is 16.3 Å². The SMILES string of the molecule is c1csc(-c2nncn2Cc2cccc3ccccc23)c1. The molecule has 0 unspecified atom stereocenters. The van der Waals surface area contributed by atoms with Crippen molar-refractivity contribution in [2.75, 3.05) is 0 Å². The Bertz CT molecular complexity index is 873. The summed E-state index contributed by atoms with van der Waals surface area (Å²) in [7, 11) is 0. The molecule has 3 nitrogen and oxygen atoms in total. The molecule has 102 valence electrons. The van der Waals surface area contributed by atoms with E-state index in [0.717, 1.165) is 17.2 Å². The van der Waals surface area contributed by atoms with E-state index in [2.05, 4.69) is 68.7 Å². The van der Waals surface area contributed by atoms with E-state index < -0.39 is 0 Å². The third-order valence-electron chi connectivity index (χ3n) is 3.58. The first-order chi connectivity index (χ1) is 10.4. The highest BCUT2D eigenvalue weighted by molar-refractivity contribution is 7.13. The molecule has 0 aliphatic rings. The molecule has 2 aromatic carbocycles. The lowest BCUT2D eigenvalue weighted by Gasteiger charge is -2.09. The average molecular weight is 291 g/mol. The Morgan fingerprint density at radius 1 is 0.952 bits per heavy atom. The van der Waals surface area contributed by atoms with Gasteiger partial charge in [-0.3, -0.25) is 0 Å². The van der Waals surface area contributed by atoms with Crippen molar-refractivity contribution in [3.63, 3.8) is 0 Å². The molecule has 0 aliphatic heterocycles. The number of benzene rings is 2. The second kappa shape index (κ2) is 5.14. The fraction of sp³-hybridized carbons (Fsp3) is 0.0588. The zero-order valence-electron chi connectivity index (χ0n) is 11.3. The molecule has 0 saturated carbocycles. The van der Waals surface area contributed by atoms with Gasteiger partial charge in [-0.05, 0) is 27.8 Å². The number of rotatable bonds is 3. The second-order valence-electron chi connectivity index (χ2n) is 4.90. The van der Waals surface area contributed by atoms with E-state index in [-0.39, 0.29) is 0 Å². The van der Waals surface area contributed by atoms with E-state index in [0.29, 0.717) is 0 Å². The molecule has 0 atom stereocenters. The van der Waals surface area contributed by atoms with Gasteiger partial charge in [0.2, 0.25) is 0 Å². The first kappa shape index (κ1) is 12.3. The van der Waals surface area contributed by atoms with Crippen molar-refractivity contribution in [3.05, 3.63) is 71.9 Å². The van der Waals surface area contributed by atoms with Crippen molar-refractivity contribution in [1.82, 2.24) is 14.8 Å². The Morgan fingerprint density at radius 2 is 1.86 bits per heavy atom. The highest BCUT2D eigenvalue weighted by Gasteiger charge is 2.09. The molecule has 4 rings (SSSR count). The normalized spacial score (nSPS) is 11.0. The van der Waals surface area contributed by atoms with E-state index in [4.69, 9.17) is 0 Å². The van der Waals surface area contributed by atoms with Crippen molar-refractivity contribution in [2.45, 2.75) is 6.54 Å². The van der Waals surface area contributed by atoms with E-state index in [1.807, 2.05) is 6.07 Å². The van der Waals surface area contributed by atoms with Crippen LogP contribution in [-0.2, 0) is 6.54 Å². The standard InChI is InChI=1S/C17H13N3S/c1-2-8-15-13(5-1)6-3-7-14(15)11-20-12-18-19-17(20)16-9-4-10-21-16/h1-10,12H,11H2. The summed E-state index contributed by atoms with van der Waals surface area (Å²) in [6, 6.07) is 19.0. The summed E-state index contributed by atoms with van der Waals surface area (Å²) in [4.78, 5) is 1.15. The summed E-state index contributed by atoms with van der Waals surface area (Å²) in [5.41, 5.74) is 1.28. The van der Waals surface area contributed by atoms with Gasteiger partial charge in [0.25, 0.3) is 0 Å². The topological polar surface area (TPSA) is 30.7 Å². The molecule has 0 amide bonds. The number of nitrogens with zero attached hydrogens (tertiary/aromatic N) is 3. The number of hydrogen-bond acceptors (Lipinski definition) is 3. The maximum atomic E-state index is 4.26. The van der Waals surface area contributed by atoms with E-state index in [1.54, 1.807) is 17.7 Å². The van der Waals surface area contributed by atoms with Crippen LogP contribution in [0, 0.1) is 0 Å². The van der Waals surface area contributed by atoms with Crippen molar-refractivity contribution < 1.29 is 0 Å². The largest absolute Gasteiger partial charge is 0.308 e. The van der Waals surface area contributed by atoms with Crippen LogP contribution in [0.2, 0.25) is 0 Å². The van der Waals surface area contributed by atoms with Gasteiger partial charge in [-0.25, -0.2) is 0 Å². The monoisotopic (exact) mass is 291 g/mol. The smallest absolute Gasteiger partial charge is 0.174 e. The third-order valence-corrected chi connectivity index (χ3v) is 4.44. The highest BCUT2D eigenvalue weighted by Crippen LogP contribution is 2.25. The van der Waals surface area contributed by atoms with Gasteiger partial charge in [-0.15, -0.1) is 21.5 Å². The summed E-state index contributed by atoms with van der Waals surface area (Å²) >= 11 is 1.69. The number of aromatic nitrogens is 3. The highest BCUT2D eigenvalue weighted by atomic mass is 32.1. The fourth-order valence-electron chi connectivity index (χ4n) is 2.58. The minimum atomic E-state index is 0.779. The minimum Gasteiger partial charge on any atom is -0.308 e. The van der Waals surface area contributed by atoms with E-state index in [9.17, 15) is 0 Å². The van der Waals surface area contributed by atoms with Crippen molar-refractivity contribution in [2.24, 2.45) is 0 Å². The molecule has 4 heteroatoms. The summed E-state index contributed by atoms with van der Waals surface area (Å²) in [6.45, 7) is 0.779. The molecule has 0 bridgehead atoms.